The fourth-order valence-electron chi connectivity index (χ4n) is 8.77. The molecule has 4 heteroatoms. The Balaban J connectivity index is 1.13. The van der Waals surface area contributed by atoms with Crippen LogP contribution in [0.15, 0.2) is 217 Å². The van der Waals surface area contributed by atoms with Crippen molar-refractivity contribution in [2.75, 3.05) is 0 Å². The van der Waals surface area contributed by atoms with Gasteiger partial charge in [-0.1, -0.05) is 201 Å². The Morgan fingerprint density at radius 3 is 2.02 bits per heavy atom. The second-order valence-corrected chi connectivity index (χ2v) is 16.0. The Kier molecular flexibility index (Phi) is 9.84. The Bertz CT molecular complexity index is 2940. The van der Waals surface area contributed by atoms with Gasteiger partial charge in [0.1, 0.15) is 0 Å². The van der Waals surface area contributed by atoms with Crippen LogP contribution in [0, 0.1) is 0 Å². The lowest BCUT2D eigenvalue weighted by Gasteiger charge is -2.32. The summed E-state index contributed by atoms with van der Waals surface area (Å²) in [4.78, 5) is 16.1. The van der Waals surface area contributed by atoms with E-state index in [0.29, 0.717) is 0 Å². The molecule has 0 atom stereocenters. The van der Waals surface area contributed by atoms with Crippen LogP contribution in [0.4, 0.5) is 0 Å². The molecule has 286 valence electrons. The number of aromatic nitrogens is 3. The first-order valence-electron chi connectivity index (χ1n) is 20.4. The summed E-state index contributed by atoms with van der Waals surface area (Å²) in [5.74, 6) is 0.749. The zero-order valence-corrected chi connectivity index (χ0v) is 33.9. The van der Waals surface area contributed by atoms with Crippen LogP contribution in [0.2, 0.25) is 0 Å². The highest BCUT2D eigenvalue weighted by molar-refractivity contribution is 8.02. The Labute approximate surface area is 356 Å². The standard InChI is InChI=1S/C56H41N3S/c1-3-39-23-17-35-57-53(39)38(2)44-22-14-15-34-56(48-27-12-10-24-46(48)47-25-11-13-28-49(47)56)50-29-16-26-45(54(50)60-37-44)40-30-32-42(33-31-40)52-36-51(41-18-6-4-7-19-41)58-55(59-52)43-20-8-5-9-21-43/h3-4,6-8,10-37H,1-2,5,9H2/b22-14-,34-15+,44-37-. The van der Waals surface area contributed by atoms with Crippen molar-refractivity contribution in [1.29, 1.82) is 0 Å². The van der Waals surface area contributed by atoms with Gasteiger partial charge in [-0.2, -0.15) is 0 Å². The van der Waals surface area contributed by atoms with Crippen LogP contribution in [0.25, 0.3) is 62.0 Å². The summed E-state index contributed by atoms with van der Waals surface area (Å²) in [6.07, 6.45) is 21.2. The van der Waals surface area contributed by atoms with Crippen LogP contribution in [0.5, 0.6) is 0 Å². The molecule has 2 aliphatic carbocycles. The van der Waals surface area contributed by atoms with Crippen molar-refractivity contribution in [2.45, 2.75) is 23.2 Å². The average Bonchev–Trinajstić information content (AvgIpc) is 3.61. The SMILES string of the molecule is C=Cc1cccnc1C(=C)C1=C\Sc2c(-c3ccc(-c4cc(-c5ccccc5)nc(C5=CCCC=C5)n4)cc3)cccc2C2(/C=C/C=C\1)c1ccccc1-c1ccccc12. The molecular formula is C56H41N3S. The molecule has 10 rings (SSSR count). The smallest absolute Gasteiger partial charge is 0.160 e. The normalized spacial score (nSPS) is 16.7. The van der Waals surface area contributed by atoms with Crippen LogP contribution in [0.1, 0.15) is 46.6 Å². The van der Waals surface area contributed by atoms with E-state index in [2.05, 4.69) is 182 Å². The first-order chi connectivity index (χ1) is 29.6. The predicted molar refractivity (Wildman–Crippen MR) is 252 cm³/mol. The van der Waals surface area contributed by atoms with Crippen molar-refractivity contribution in [3.05, 3.63) is 246 Å². The van der Waals surface area contributed by atoms with Crippen LogP contribution in [-0.4, -0.2) is 15.0 Å². The van der Waals surface area contributed by atoms with Gasteiger partial charge in [-0.25, -0.2) is 9.97 Å². The molecule has 60 heavy (non-hydrogen) atoms. The van der Waals surface area contributed by atoms with E-state index in [1.807, 2.05) is 30.5 Å². The topological polar surface area (TPSA) is 38.7 Å². The number of thioether (sulfide) groups is 1. The van der Waals surface area contributed by atoms with Gasteiger partial charge in [-0.05, 0) is 74.9 Å². The van der Waals surface area contributed by atoms with E-state index >= 15 is 0 Å². The quantitative estimate of drug-likeness (QED) is 0.161. The molecule has 1 aliphatic heterocycles. The van der Waals surface area contributed by atoms with Gasteiger partial charge < -0.3 is 0 Å². The molecule has 2 aromatic heterocycles. The number of rotatable bonds is 7. The Hall–Kier alpha value is -7.14. The van der Waals surface area contributed by atoms with Crippen molar-refractivity contribution in [2.24, 2.45) is 0 Å². The number of benzene rings is 5. The van der Waals surface area contributed by atoms with Gasteiger partial charge in [0.25, 0.3) is 0 Å². The molecule has 0 bridgehead atoms. The van der Waals surface area contributed by atoms with Crippen molar-refractivity contribution in [1.82, 2.24) is 15.0 Å². The lowest BCUT2D eigenvalue weighted by Crippen LogP contribution is -2.25. The van der Waals surface area contributed by atoms with Crippen molar-refractivity contribution >= 4 is 29.0 Å². The first kappa shape index (κ1) is 37.2. The lowest BCUT2D eigenvalue weighted by molar-refractivity contribution is 0.784. The van der Waals surface area contributed by atoms with E-state index in [9.17, 15) is 0 Å². The van der Waals surface area contributed by atoms with Crippen LogP contribution in [0.3, 0.4) is 0 Å². The summed E-state index contributed by atoms with van der Waals surface area (Å²) in [7, 11) is 0. The molecule has 0 saturated carbocycles. The number of fused-ring (bicyclic) bond motifs is 7. The van der Waals surface area contributed by atoms with E-state index in [1.54, 1.807) is 11.8 Å². The monoisotopic (exact) mass is 787 g/mol. The number of hydrogen-bond donors (Lipinski definition) is 0. The minimum Gasteiger partial charge on any atom is -0.256 e. The molecule has 3 nitrogen and oxygen atoms in total. The van der Waals surface area contributed by atoms with E-state index in [-0.39, 0.29) is 0 Å². The molecule has 0 fully saturated rings. The van der Waals surface area contributed by atoms with Gasteiger partial charge in [-0.15, -0.1) is 0 Å². The van der Waals surface area contributed by atoms with Crippen LogP contribution < -0.4 is 0 Å². The van der Waals surface area contributed by atoms with Crippen molar-refractivity contribution < 1.29 is 0 Å². The first-order valence-corrected chi connectivity index (χ1v) is 21.3. The third kappa shape index (κ3) is 6.56. The fraction of sp³-hybridized carbons (Fsp3) is 0.0536. The minimum atomic E-state index is -0.525. The van der Waals surface area contributed by atoms with E-state index in [0.717, 1.165) is 80.3 Å². The maximum absolute atomic E-state index is 5.14. The summed E-state index contributed by atoms with van der Waals surface area (Å²) >= 11 is 1.74. The van der Waals surface area contributed by atoms with Gasteiger partial charge in [0.15, 0.2) is 5.82 Å². The fourth-order valence-corrected chi connectivity index (χ4v) is 9.91. The maximum atomic E-state index is 5.14. The second kappa shape index (κ2) is 15.9. The maximum Gasteiger partial charge on any atom is 0.160 e. The van der Waals surface area contributed by atoms with Crippen LogP contribution >= 0.6 is 11.8 Å². The molecule has 0 unspecified atom stereocenters. The summed E-state index contributed by atoms with van der Waals surface area (Å²) in [6.45, 7) is 8.62. The molecule has 5 aromatic carbocycles. The number of hydrogen-bond acceptors (Lipinski definition) is 4. The third-order valence-corrected chi connectivity index (χ3v) is 12.8. The highest BCUT2D eigenvalue weighted by Crippen LogP contribution is 2.56. The predicted octanol–water partition coefficient (Wildman–Crippen LogP) is 14.4. The summed E-state index contributed by atoms with van der Waals surface area (Å²) < 4.78 is 0. The molecule has 3 heterocycles. The molecule has 7 aromatic rings. The highest BCUT2D eigenvalue weighted by atomic mass is 32.2. The van der Waals surface area contributed by atoms with Gasteiger partial charge in [0.2, 0.25) is 0 Å². The third-order valence-electron chi connectivity index (χ3n) is 11.7. The van der Waals surface area contributed by atoms with Crippen molar-refractivity contribution in [3.63, 3.8) is 0 Å². The van der Waals surface area contributed by atoms with Crippen molar-refractivity contribution in [3.8, 4) is 44.8 Å². The summed E-state index contributed by atoms with van der Waals surface area (Å²) in [5.41, 5.74) is 16.6. The van der Waals surface area contributed by atoms with E-state index < -0.39 is 5.41 Å². The second-order valence-electron chi connectivity index (χ2n) is 15.2. The zero-order valence-electron chi connectivity index (χ0n) is 33.1. The number of pyridine rings is 1. The van der Waals surface area contributed by atoms with Gasteiger partial charge >= 0.3 is 0 Å². The Morgan fingerprint density at radius 1 is 0.633 bits per heavy atom. The number of nitrogens with zero attached hydrogens (tertiary/aromatic N) is 3. The summed E-state index contributed by atoms with van der Waals surface area (Å²) in [6, 6.07) is 49.8. The molecule has 0 N–H and O–H groups in total. The van der Waals surface area contributed by atoms with Gasteiger partial charge in [0.05, 0.1) is 22.5 Å². The van der Waals surface area contributed by atoms with Gasteiger partial charge in [0, 0.05) is 38.9 Å². The molecule has 0 radical (unpaired) electrons. The molecule has 0 amide bonds. The zero-order chi connectivity index (χ0) is 40.5. The summed E-state index contributed by atoms with van der Waals surface area (Å²) in [5, 5.41) is 2.23. The highest BCUT2D eigenvalue weighted by Gasteiger charge is 2.44. The average molecular weight is 788 g/mol. The molecular weight excluding hydrogens is 747 g/mol. The molecule has 3 aliphatic rings. The van der Waals surface area contributed by atoms with Crippen LogP contribution in [-0.2, 0) is 5.41 Å². The lowest BCUT2D eigenvalue weighted by atomic mass is 9.71. The Morgan fingerprint density at radius 2 is 1.30 bits per heavy atom. The van der Waals surface area contributed by atoms with E-state index in [1.165, 1.54) is 32.7 Å². The largest absolute Gasteiger partial charge is 0.256 e. The molecule has 1 spiro atoms. The number of allylic oxidation sites excluding steroid dienone is 10. The minimum absolute atomic E-state index is 0.525. The van der Waals surface area contributed by atoms with E-state index in [4.69, 9.17) is 15.0 Å². The molecule has 0 saturated heterocycles. The van der Waals surface area contributed by atoms with Gasteiger partial charge in [-0.3, -0.25) is 4.98 Å².